The molecule has 0 saturated heterocycles. The fourth-order valence-electron chi connectivity index (χ4n) is 2.73. The quantitative estimate of drug-likeness (QED) is 0.342. The van der Waals surface area contributed by atoms with Gasteiger partial charge >= 0.3 is 6.36 Å². The number of primary amides is 1. The van der Waals surface area contributed by atoms with Crippen LogP contribution in [0, 0.1) is 0 Å². The number of nitrogens with zero attached hydrogens (tertiary/aromatic N) is 2. The lowest BCUT2D eigenvalue weighted by molar-refractivity contribution is -0.274. The minimum Gasteiger partial charge on any atom is -0.414 e. The topological polar surface area (TPSA) is 137 Å². The molecule has 1 atom stereocenters. The Kier molecular flexibility index (Phi) is 8.65. The molecule has 0 saturated carbocycles. The van der Waals surface area contributed by atoms with Gasteiger partial charge in [-0.3, -0.25) is 14.4 Å². The second kappa shape index (κ2) is 11.0. The Morgan fingerprint density at radius 3 is 2.24 bits per heavy atom. The molecule has 1 aromatic carbocycles. The van der Waals surface area contributed by atoms with E-state index < -0.39 is 73.2 Å². The Bertz CT molecular complexity index is 1010. The van der Waals surface area contributed by atoms with Crippen LogP contribution in [0.5, 0.6) is 5.75 Å². The highest BCUT2D eigenvalue weighted by Crippen LogP contribution is 2.27. The number of benzene rings is 1. The molecule has 0 fully saturated rings. The molecule has 0 bridgehead atoms. The van der Waals surface area contributed by atoms with Gasteiger partial charge in [-0.25, -0.2) is 8.78 Å². The smallest absolute Gasteiger partial charge is 0.414 e. The van der Waals surface area contributed by atoms with Crippen molar-refractivity contribution in [1.82, 2.24) is 15.5 Å². The van der Waals surface area contributed by atoms with Crippen molar-refractivity contribution in [3.63, 3.8) is 0 Å². The van der Waals surface area contributed by atoms with Gasteiger partial charge in [0.2, 0.25) is 29.4 Å². The van der Waals surface area contributed by atoms with Crippen molar-refractivity contribution in [2.45, 2.75) is 57.4 Å². The monoisotopic (exact) mass is 492 g/mol. The molecule has 0 radical (unpaired) electrons. The molecule has 0 aliphatic heterocycles. The molecule has 2 amide bonds. The van der Waals surface area contributed by atoms with E-state index in [-0.39, 0.29) is 17.9 Å². The molecule has 0 aliphatic carbocycles. The predicted molar refractivity (Wildman–Crippen MR) is 106 cm³/mol. The van der Waals surface area contributed by atoms with Crippen LogP contribution in [-0.2, 0) is 9.59 Å². The second-order valence-electron chi connectivity index (χ2n) is 7.20. The van der Waals surface area contributed by atoms with Crippen LogP contribution in [-0.4, -0.2) is 46.1 Å². The summed E-state index contributed by atoms with van der Waals surface area (Å²) < 4.78 is 73.1. The van der Waals surface area contributed by atoms with Gasteiger partial charge < -0.3 is 20.2 Å². The summed E-state index contributed by atoms with van der Waals surface area (Å²) >= 11 is 0. The van der Waals surface area contributed by atoms with E-state index >= 15 is 0 Å². The van der Waals surface area contributed by atoms with Crippen LogP contribution in [0.1, 0.15) is 49.7 Å². The number of ether oxygens (including phenoxy) is 1. The highest BCUT2D eigenvalue weighted by atomic mass is 19.4. The average molecular weight is 492 g/mol. The number of halogens is 5. The zero-order valence-corrected chi connectivity index (χ0v) is 17.8. The molecule has 0 unspecified atom stereocenters. The first kappa shape index (κ1) is 26.7. The number of hydrogen-bond donors (Lipinski definition) is 2. The van der Waals surface area contributed by atoms with E-state index in [4.69, 9.17) is 10.2 Å². The predicted octanol–water partition coefficient (Wildman–Crippen LogP) is 3.39. The molecule has 0 spiro atoms. The molecular weight excluding hydrogens is 471 g/mol. The van der Waals surface area contributed by atoms with Gasteiger partial charge in [0.1, 0.15) is 5.75 Å². The van der Waals surface area contributed by atoms with Crippen LogP contribution in [0.25, 0.3) is 11.5 Å². The van der Waals surface area contributed by atoms with Crippen LogP contribution in [0.4, 0.5) is 22.0 Å². The number of carbonyl (C=O) groups excluding carboxylic acids is 3. The third-order valence-corrected chi connectivity index (χ3v) is 4.49. The summed E-state index contributed by atoms with van der Waals surface area (Å²) in [6.07, 6.45) is -7.52. The van der Waals surface area contributed by atoms with Crippen LogP contribution < -0.4 is 15.8 Å². The summed E-state index contributed by atoms with van der Waals surface area (Å²) in [6.45, 7) is 1.56. The van der Waals surface area contributed by atoms with Crippen molar-refractivity contribution in [1.29, 1.82) is 0 Å². The number of nitrogens with one attached hydrogen (secondary N) is 1. The Morgan fingerprint density at radius 1 is 1.06 bits per heavy atom. The summed E-state index contributed by atoms with van der Waals surface area (Å²) in [5.74, 6) is -6.88. The Labute approximate surface area is 189 Å². The summed E-state index contributed by atoms with van der Waals surface area (Å²) in [6, 6.07) is 3.31. The van der Waals surface area contributed by atoms with Crippen molar-refractivity contribution in [3.05, 3.63) is 30.2 Å². The number of amides is 2. The molecule has 0 aliphatic rings. The summed E-state index contributed by atoms with van der Waals surface area (Å²) in [4.78, 5) is 35.3. The van der Waals surface area contributed by atoms with Gasteiger partial charge in [-0.1, -0.05) is 6.92 Å². The lowest BCUT2D eigenvalue weighted by atomic mass is 10.1. The van der Waals surface area contributed by atoms with Gasteiger partial charge in [0.05, 0.1) is 6.04 Å². The second-order valence-corrected chi connectivity index (χ2v) is 7.20. The molecule has 186 valence electrons. The van der Waals surface area contributed by atoms with E-state index in [2.05, 4.69) is 20.3 Å². The average Bonchev–Trinajstić information content (AvgIpc) is 3.24. The molecular formula is C20H21F5N4O5. The summed E-state index contributed by atoms with van der Waals surface area (Å²) in [7, 11) is 0. The van der Waals surface area contributed by atoms with E-state index in [9.17, 15) is 36.3 Å². The molecule has 2 aromatic rings. The maximum Gasteiger partial charge on any atom is 0.573 e. The lowest BCUT2D eigenvalue weighted by Gasteiger charge is -2.17. The summed E-state index contributed by atoms with van der Waals surface area (Å²) in [5, 5.41) is 9.56. The molecule has 14 heteroatoms. The van der Waals surface area contributed by atoms with E-state index in [0.717, 1.165) is 12.1 Å². The SMILES string of the molecule is CC[C@H](NC(=O)CCC(F)(F)CCC(N)=O)C(=O)c1nnc(-c2ccc(OC(F)(F)F)cc2)o1. The van der Waals surface area contributed by atoms with Crippen molar-refractivity contribution in [3.8, 4) is 17.2 Å². The number of ketones is 1. The fraction of sp³-hybridized carbons (Fsp3) is 0.450. The van der Waals surface area contributed by atoms with Gasteiger partial charge in [-0.2, -0.15) is 0 Å². The zero-order valence-electron chi connectivity index (χ0n) is 17.8. The number of nitrogens with two attached hydrogens (primary N) is 1. The minimum atomic E-state index is -4.86. The number of alkyl halides is 5. The fourth-order valence-corrected chi connectivity index (χ4v) is 2.73. The Balaban J connectivity index is 1.98. The van der Waals surface area contributed by atoms with Crippen molar-refractivity contribution >= 4 is 17.6 Å². The first-order valence-electron chi connectivity index (χ1n) is 9.99. The number of Topliss-reactive ketones (excluding diaryl/α,β-unsaturated/α-hetero) is 1. The van der Waals surface area contributed by atoms with Gasteiger partial charge in [-0.15, -0.1) is 23.4 Å². The first-order chi connectivity index (χ1) is 15.8. The molecule has 34 heavy (non-hydrogen) atoms. The van der Waals surface area contributed by atoms with Crippen LogP contribution in [0.15, 0.2) is 28.7 Å². The molecule has 3 N–H and O–H groups in total. The number of carbonyl (C=O) groups is 3. The van der Waals surface area contributed by atoms with Crippen molar-refractivity contribution < 1.29 is 45.5 Å². The standard InChI is InChI=1S/C20H21F5N4O5/c1-2-13(27-15(31)8-10-19(21,22)9-7-14(26)30)16(32)18-29-28-17(33-18)11-3-5-12(6-4-11)34-20(23,24)25/h3-6,13H,2,7-10H2,1H3,(H2,26,30)(H,27,31)/t13-/m0/s1. The maximum atomic E-state index is 13.7. The zero-order chi connectivity index (χ0) is 25.5. The Hall–Kier alpha value is -3.58. The summed E-state index contributed by atoms with van der Waals surface area (Å²) in [5.41, 5.74) is 5.05. The van der Waals surface area contributed by atoms with Crippen molar-refractivity contribution in [2.75, 3.05) is 0 Å². The van der Waals surface area contributed by atoms with E-state index in [0.29, 0.717) is 0 Å². The third kappa shape index (κ3) is 8.41. The number of aromatic nitrogens is 2. The van der Waals surface area contributed by atoms with Gasteiger partial charge in [0.25, 0.3) is 5.89 Å². The largest absolute Gasteiger partial charge is 0.573 e. The normalized spacial score (nSPS) is 12.8. The van der Waals surface area contributed by atoms with Gasteiger partial charge in [-0.05, 0) is 30.7 Å². The number of hydrogen-bond acceptors (Lipinski definition) is 7. The molecule has 9 nitrogen and oxygen atoms in total. The maximum absolute atomic E-state index is 13.7. The first-order valence-corrected chi connectivity index (χ1v) is 9.99. The Morgan fingerprint density at radius 2 is 1.68 bits per heavy atom. The highest BCUT2D eigenvalue weighted by Gasteiger charge is 2.32. The van der Waals surface area contributed by atoms with Crippen LogP contribution in [0.2, 0.25) is 0 Å². The van der Waals surface area contributed by atoms with E-state index in [1.165, 1.54) is 12.1 Å². The van der Waals surface area contributed by atoms with Crippen LogP contribution >= 0.6 is 0 Å². The van der Waals surface area contributed by atoms with Gasteiger partial charge in [0.15, 0.2) is 0 Å². The third-order valence-electron chi connectivity index (χ3n) is 4.49. The number of rotatable bonds is 12. The van der Waals surface area contributed by atoms with Gasteiger partial charge in [0, 0.05) is 31.2 Å². The molecule has 2 rings (SSSR count). The lowest BCUT2D eigenvalue weighted by Crippen LogP contribution is -2.41. The molecule has 1 aromatic heterocycles. The van der Waals surface area contributed by atoms with Crippen molar-refractivity contribution in [2.24, 2.45) is 5.73 Å². The minimum absolute atomic E-state index is 0.0871. The molecule has 1 heterocycles. The highest BCUT2D eigenvalue weighted by molar-refractivity contribution is 5.98. The van der Waals surface area contributed by atoms with Crippen LogP contribution in [0.3, 0.4) is 0 Å². The van der Waals surface area contributed by atoms with E-state index in [1.54, 1.807) is 6.92 Å². The van der Waals surface area contributed by atoms with E-state index in [1.807, 2.05) is 0 Å².